The van der Waals surface area contributed by atoms with Gasteiger partial charge in [-0.15, -0.1) is 0 Å². The summed E-state index contributed by atoms with van der Waals surface area (Å²) in [6.45, 7) is 5.59. The fourth-order valence-corrected chi connectivity index (χ4v) is 1.18. The predicted molar refractivity (Wildman–Crippen MR) is 63.2 cm³/mol. The molecule has 0 saturated heterocycles. The molecule has 0 aliphatic rings. The molecule has 1 amide bonds. The van der Waals surface area contributed by atoms with Crippen molar-refractivity contribution in [2.45, 2.75) is 38.9 Å². The molecule has 0 aromatic heterocycles. The lowest BCUT2D eigenvalue weighted by atomic mass is 10.3. The first-order valence-corrected chi connectivity index (χ1v) is 5.74. The van der Waals surface area contributed by atoms with E-state index in [0.29, 0.717) is 6.54 Å². The normalized spacial score (nSPS) is 12.8. The second-order valence-corrected chi connectivity index (χ2v) is 3.88. The Morgan fingerprint density at radius 2 is 2.06 bits per heavy atom. The third-order valence-corrected chi connectivity index (χ3v) is 2.11. The molecule has 0 aliphatic heterocycles. The Morgan fingerprint density at radius 1 is 1.38 bits per heavy atom. The molecule has 0 radical (unpaired) electrons. The van der Waals surface area contributed by atoms with Crippen molar-refractivity contribution in [2.75, 3.05) is 26.8 Å². The number of ether oxygens (including phenoxy) is 2. The van der Waals surface area contributed by atoms with Gasteiger partial charge in [-0.2, -0.15) is 0 Å². The predicted octanol–water partition coefficient (Wildman–Crippen LogP) is 0.282. The van der Waals surface area contributed by atoms with Crippen LogP contribution in [0.15, 0.2) is 0 Å². The van der Waals surface area contributed by atoms with Gasteiger partial charge in [0.2, 0.25) is 5.91 Å². The van der Waals surface area contributed by atoms with Crippen molar-refractivity contribution < 1.29 is 14.3 Å². The van der Waals surface area contributed by atoms with Crippen LogP contribution in [0.1, 0.15) is 26.7 Å². The van der Waals surface area contributed by atoms with Gasteiger partial charge in [-0.05, 0) is 26.7 Å². The van der Waals surface area contributed by atoms with Crippen molar-refractivity contribution >= 4 is 5.91 Å². The van der Waals surface area contributed by atoms with Gasteiger partial charge < -0.3 is 20.5 Å². The number of rotatable bonds is 9. The minimum absolute atomic E-state index is 0.144. The first kappa shape index (κ1) is 15.3. The Labute approximate surface area is 97.7 Å². The van der Waals surface area contributed by atoms with Gasteiger partial charge in [0.1, 0.15) is 6.10 Å². The number of nitrogens with one attached hydrogen (secondary N) is 1. The van der Waals surface area contributed by atoms with E-state index in [-0.39, 0.29) is 18.6 Å². The number of amides is 1. The highest BCUT2D eigenvalue weighted by molar-refractivity contribution is 5.80. The van der Waals surface area contributed by atoms with Crippen molar-refractivity contribution in [3.63, 3.8) is 0 Å². The van der Waals surface area contributed by atoms with Gasteiger partial charge in [0, 0.05) is 26.8 Å². The zero-order valence-electron chi connectivity index (χ0n) is 10.5. The Hall–Kier alpha value is -0.650. The van der Waals surface area contributed by atoms with Crippen molar-refractivity contribution in [2.24, 2.45) is 5.73 Å². The Morgan fingerprint density at radius 3 is 2.56 bits per heavy atom. The van der Waals surface area contributed by atoms with E-state index in [1.807, 2.05) is 13.8 Å². The quantitative estimate of drug-likeness (QED) is 0.560. The summed E-state index contributed by atoms with van der Waals surface area (Å²) in [5.74, 6) is -0.144. The Kier molecular flexibility index (Phi) is 9.18. The van der Waals surface area contributed by atoms with Crippen LogP contribution in [0.4, 0.5) is 0 Å². The number of methoxy groups -OCH3 is 1. The maximum Gasteiger partial charge on any atom is 0.250 e. The number of hydrogen-bond donors (Lipinski definition) is 2. The fourth-order valence-electron chi connectivity index (χ4n) is 1.18. The van der Waals surface area contributed by atoms with Crippen LogP contribution in [0.3, 0.4) is 0 Å². The van der Waals surface area contributed by atoms with E-state index < -0.39 is 6.10 Å². The summed E-state index contributed by atoms with van der Waals surface area (Å²) < 4.78 is 10.3. The molecule has 96 valence electrons. The van der Waals surface area contributed by atoms with Gasteiger partial charge in [-0.25, -0.2) is 0 Å². The number of hydrogen-bond acceptors (Lipinski definition) is 4. The van der Waals surface area contributed by atoms with E-state index in [0.717, 1.165) is 19.4 Å². The smallest absolute Gasteiger partial charge is 0.250 e. The molecule has 0 fully saturated rings. The van der Waals surface area contributed by atoms with Gasteiger partial charge in [0.15, 0.2) is 0 Å². The first-order chi connectivity index (χ1) is 7.61. The molecule has 0 saturated carbocycles. The number of carbonyl (C=O) groups excluding carboxylic acids is 1. The molecule has 5 heteroatoms. The topological polar surface area (TPSA) is 73.6 Å². The molecule has 0 bridgehead atoms. The Balaban J connectivity index is 3.40. The highest BCUT2D eigenvalue weighted by Crippen LogP contribution is 1.94. The molecule has 3 N–H and O–H groups in total. The molecule has 0 aliphatic carbocycles. The standard InChI is InChI=1S/C11H24N2O3/c1-9(2)16-7-5-4-6-13-11(14)10(8-12)15-3/h9-10H,4-8,12H2,1-3H3,(H,13,14). The molecular formula is C11H24N2O3. The maximum absolute atomic E-state index is 11.4. The van der Waals surface area contributed by atoms with Crippen LogP contribution in [0, 0.1) is 0 Å². The summed E-state index contributed by atoms with van der Waals surface area (Å²) >= 11 is 0. The maximum atomic E-state index is 11.4. The minimum atomic E-state index is -0.535. The molecule has 1 atom stereocenters. The van der Waals surface area contributed by atoms with Crippen LogP contribution in [-0.2, 0) is 14.3 Å². The molecule has 0 heterocycles. The van der Waals surface area contributed by atoms with Gasteiger partial charge >= 0.3 is 0 Å². The van der Waals surface area contributed by atoms with Crippen LogP contribution in [0.5, 0.6) is 0 Å². The van der Waals surface area contributed by atoms with Crippen molar-refractivity contribution in [3.8, 4) is 0 Å². The number of nitrogens with two attached hydrogens (primary N) is 1. The van der Waals surface area contributed by atoms with Gasteiger partial charge in [-0.1, -0.05) is 0 Å². The van der Waals surface area contributed by atoms with E-state index >= 15 is 0 Å². The van der Waals surface area contributed by atoms with Crippen molar-refractivity contribution in [3.05, 3.63) is 0 Å². The van der Waals surface area contributed by atoms with Crippen molar-refractivity contribution in [1.29, 1.82) is 0 Å². The second kappa shape index (κ2) is 9.57. The molecule has 16 heavy (non-hydrogen) atoms. The van der Waals surface area contributed by atoms with E-state index in [1.54, 1.807) is 0 Å². The van der Waals surface area contributed by atoms with Gasteiger partial charge in [-0.3, -0.25) is 4.79 Å². The minimum Gasteiger partial charge on any atom is -0.379 e. The van der Waals surface area contributed by atoms with Crippen LogP contribution in [0.25, 0.3) is 0 Å². The van der Waals surface area contributed by atoms with Gasteiger partial charge in [0.25, 0.3) is 0 Å². The first-order valence-electron chi connectivity index (χ1n) is 5.74. The van der Waals surface area contributed by atoms with Gasteiger partial charge in [0.05, 0.1) is 6.10 Å². The average molecular weight is 232 g/mol. The molecular weight excluding hydrogens is 208 g/mol. The largest absolute Gasteiger partial charge is 0.379 e. The number of unbranched alkanes of at least 4 members (excludes halogenated alkanes) is 1. The lowest BCUT2D eigenvalue weighted by Crippen LogP contribution is -2.40. The lowest BCUT2D eigenvalue weighted by Gasteiger charge is -2.13. The average Bonchev–Trinajstić information content (AvgIpc) is 2.24. The molecule has 1 unspecified atom stereocenters. The molecule has 0 spiro atoms. The van der Waals surface area contributed by atoms with Crippen molar-refractivity contribution in [1.82, 2.24) is 5.32 Å². The van der Waals surface area contributed by atoms with E-state index in [1.165, 1.54) is 7.11 Å². The van der Waals surface area contributed by atoms with Crippen LogP contribution in [0.2, 0.25) is 0 Å². The molecule has 0 rings (SSSR count). The van der Waals surface area contributed by atoms with Crippen LogP contribution < -0.4 is 11.1 Å². The summed E-state index contributed by atoms with van der Waals surface area (Å²) in [7, 11) is 1.48. The third-order valence-electron chi connectivity index (χ3n) is 2.11. The fraction of sp³-hybridized carbons (Fsp3) is 0.909. The molecule has 0 aromatic rings. The summed E-state index contributed by atoms with van der Waals surface area (Å²) in [4.78, 5) is 11.4. The lowest BCUT2D eigenvalue weighted by molar-refractivity contribution is -0.130. The molecule has 0 aromatic carbocycles. The van der Waals surface area contributed by atoms with Crippen LogP contribution in [-0.4, -0.2) is 44.9 Å². The third kappa shape index (κ3) is 7.62. The summed E-state index contributed by atoms with van der Waals surface area (Å²) in [6, 6.07) is 0. The summed E-state index contributed by atoms with van der Waals surface area (Å²) in [6.07, 6.45) is 1.58. The second-order valence-electron chi connectivity index (χ2n) is 3.88. The summed E-state index contributed by atoms with van der Waals surface area (Å²) in [5.41, 5.74) is 5.36. The summed E-state index contributed by atoms with van der Waals surface area (Å²) in [5, 5.41) is 2.77. The van der Waals surface area contributed by atoms with Crippen LogP contribution >= 0.6 is 0 Å². The highest BCUT2D eigenvalue weighted by atomic mass is 16.5. The monoisotopic (exact) mass is 232 g/mol. The Bertz CT molecular complexity index is 182. The zero-order valence-corrected chi connectivity index (χ0v) is 10.5. The highest BCUT2D eigenvalue weighted by Gasteiger charge is 2.14. The molecule has 5 nitrogen and oxygen atoms in total. The number of carbonyl (C=O) groups is 1. The zero-order chi connectivity index (χ0) is 12.4. The van der Waals surface area contributed by atoms with E-state index in [9.17, 15) is 4.79 Å². The SMILES string of the molecule is COC(CN)C(=O)NCCCCOC(C)C. The van der Waals surface area contributed by atoms with E-state index in [2.05, 4.69) is 5.32 Å². The van der Waals surface area contributed by atoms with E-state index in [4.69, 9.17) is 15.2 Å².